The summed E-state index contributed by atoms with van der Waals surface area (Å²) < 4.78 is 15.6. The van der Waals surface area contributed by atoms with Crippen LogP contribution in [0.3, 0.4) is 0 Å². The van der Waals surface area contributed by atoms with Gasteiger partial charge in [-0.15, -0.1) is 5.10 Å². The Morgan fingerprint density at radius 1 is 1.07 bits per heavy atom. The molecule has 4 aromatic rings. The fourth-order valence-electron chi connectivity index (χ4n) is 2.89. The monoisotopic (exact) mass is 392 g/mol. The lowest BCUT2D eigenvalue weighted by molar-refractivity contribution is -0.117. The van der Waals surface area contributed by atoms with Gasteiger partial charge in [-0.1, -0.05) is 24.3 Å². The first-order valence-electron chi connectivity index (χ1n) is 8.84. The van der Waals surface area contributed by atoms with Crippen molar-refractivity contribution >= 4 is 28.9 Å². The molecule has 0 aliphatic rings. The number of para-hydroxylation sites is 1. The fourth-order valence-corrected chi connectivity index (χ4v) is 2.89. The number of hydrogen-bond acceptors (Lipinski definition) is 5. The van der Waals surface area contributed by atoms with Crippen LogP contribution in [-0.4, -0.2) is 25.1 Å². The van der Waals surface area contributed by atoms with E-state index in [9.17, 15) is 14.0 Å². The van der Waals surface area contributed by atoms with Crippen molar-refractivity contribution in [3.8, 4) is 0 Å². The van der Waals surface area contributed by atoms with Crippen LogP contribution in [-0.2, 0) is 11.3 Å². The number of halogens is 1. The van der Waals surface area contributed by atoms with Crippen molar-refractivity contribution in [3.05, 3.63) is 82.7 Å². The van der Waals surface area contributed by atoms with Crippen LogP contribution in [0.15, 0.2) is 65.5 Å². The minimum atomic E-state index is -0.514. The number of aromatic nitrogens is 4. The molecule has 0 saturated heterocycles. The van der Waals surface area contributed by atoms with Gasteiger partial charge < -0.3 is 10.6 Å². The summed E-state index contributed by atoms with van der Waals surface area (Å²) in [6.07, 6.45) is 0. The molecule has 0 spiro atoms. The smallest absolute Gasteiger partial charge is 0.325 e. The first-order chi connectivity index (χ1) is 14.0. The zero-order valence-electron chi connectivity index (χ0n) is 15.5. The number of fused-ring (bicyclic) bond motifs is 1. The van der Waals surface area contributed by atoms with Gasteiger partial charge in [-0.2, -0.15) is 0 Å². The minimum absolute atomic E-state index is 0.299. The van der Waals surface area contributed by atoms with Crippen LogP contribution in [0.25, 0.3) is 5.65 Å². The molecule has 0 radical (unpaired) electrons. The van der Waals surface area contributed by atoms with Crippen molar-refractivity contribution in [1.29, 1.82) is 0 Å². The van der Waals surface area contributed by atoms with Crippen LogP contribution in [0.1, 0.15) is 5.69 Å². The van der Waals surface area contributed by atoms with E-state index < -0.39 is 17.4 Å². The summed E-state index contributed by atoms with van der Waals surface area (Å²) in [6, 6.07) is 16.5. The Kier molecular flexibility index (Phi) is 4.78. The lowest BCUT2D eigenvalue weighted by Gasteiger charge is -2.07. The maximum Gasteiger partial charge on any atom is 0.353 e. The van der Waals surface area contributed by atoms with Crippen molar-refractivity contribution in [2.75, 3.05) is 10.6 Å². The number of nitrogens with zero attached hydrogens (tertiary/aromatic N) is 4. The van der Waals surface area contributed by atoms with Crippen molar-refractivity contribution in [2.45, 2.75) is 13.5 Å². The van der Waals surface area contributed by atoms with E-state index in [4.69, 9.17) is 0 Å². The van der Waals surface area contributed by atoms with Gasteiger partial charge in [0.05, 0.1) is 0 Å². The normalized spacial score (nSPS) is 10.8. The second kappa shape index (κ2) is 7.55. The Hall–Kier alpha value is -4.01. The third kappa shape index (κ3) is 3.98. The van der Waals surface area contributed by atoms with E-state index in [0.717, 1.165) is 10.4 Å². The number of carbonyl (C=O) groups is 1. The Balaban J connectivity index is 1.64. The predicted octanol–water partition coefficient (Wildman–Crippen LogP) is 2.72. The highest BCUT2D eigenvalue weighted by Gasteiger charge is 2.15. The maximum atomic E-state index is 13.3. The summed E-state index contributed by atoms with van der Waals surface area (Å²) in [5.74, 6) is -0.665. The maximum absolute atomic E-state index is 13.3. The van der Waals surface area contributed by atoms with E-state index >= 15 is 0 Å². The van der Waals surface area contributed by atoms with Crippen LogP contribution in [0.5, 0.6) is 0 Å². The summed E-state index contributed by atoms with van der Waals surface area (Å²) in [7, 11) is 0. The topological polar surface area (TPSA) is 93.3 Å². The average Bonchev–Trinajstić information content (AvgIpc) is 2.97. The third-order valence-corrected chi connectivity index (χ3v) is 4.13. The first-order valence-corrected chi connectivity index (χ1v) is 8.84. The van der Waals surface area contributed by atoms with Crippen LogP contribution in [0.2, 0.25) is 0 Å². The number of hydrogen-bond donors (Lipinski definition) is 2. The Bertz CT molecular complexity index is 1250. The molecule has 0 aliphatic heterocycles. The van der Waals surface area contributed by atoms with E-state index in [2.05, 4.69) is 20.7 Å². The predicted molar refractivity (Wildman–Crippen MR) is 107 cm³/mol. The van der Waals surface area contributed by atoms with E-state index in [0.29, 0.717) is 23.0 Å². The SMILES string of the molecule is Cc1cc2nn(CC(=O)Nc3cccc(F)c3)c(=O)n2c(Nc2ccccc2)n1. The minimum Gasteiger partial charge on any atom is -0.325 e. The average molecular weight is 392 g/mol. The molecule has 8 nitrogen and oxygen atoms in total. The second-order valence-electron chi connectivity index (χ2n) is 6.40. The van der Waals surface area contributed by atoms with Crippen LogP contribution < -0.4 is 16.3 Å². The number of rotatable bonds is 5. The Morgan fingerprint density at radius 2 is 1.83 bits per heavy atom. The van der Waals surface area contributed by atoms with Gasteiger partial charge in [0.1, 0.15) is 12.4 Å². The van der Waals surface area contributed by atoms with Crippen LogP contribution in [0.4, 0.5) is 21.7 Å². The van der Waals surface area contributed by atoms with Gasteiger partial charge in [-0.25, -0.2) is 23.3 Å². The summed E-state index contributed by atoms with van der Waals surface area (Å²) in [5.41, 5.74) is 1.57. The summed E-state index contributed by atoms with van der Waals surface area (Å²) in [5, 5.41) is 9.87. The molecule has 4 rings (SSSR count). The number of anilines is 3. The lowest BCUT2D eigenvalue weighted by Crippen LogP contribution is -2.29. The molecule has 29 heavy (non-hydrogen) atoms. The first kappa shape index (κ1) is 18.4. The molecular weight excluding hydrogens is 375 g/mol. The van der Waals surface area contributed by atoms with Crippen LogP contribution >= 0.6 is 0 Å². The molecule has 0 atom stereocenters. The van der Waals surface area contributed by atoms with Crippen LogP contribution in [0, 0.1) is 12.7 Å². The highest BCUT2D eigenvalue weighted by molar-refractivity contribution is 5.90. The van der Waals surface area contributed by atoms with Gasteiger partial charge in [0.15, 0.2) is 5.65 Å². The number of carbonyl (C=O) groups excluding carboxylic acids is 1. The molecule has 0 unspecified atom stereocenters. The summed E-state index contributed by atoms with van der Waals surface area (Å²) >= 11 is 0. The van der Waals surface area contributed by atoms with Crippen molar-refractivity contribution in [2.24, 2.45) is 0 Å². The number of amides is 1. The fraction of sp³-hybridized carbons (Fsp3) is 0.100. The second-order valence-corrected chi connectivity index (χ2v) is 6.40. The van der Waals surface area contributed by atoms with E-state index in [1.54, 1.807) is 19.1 Å². The molecule has 2 aromatic heterocycles. The van der Waals surface area contributed by atoms with Gasteiger partial charge in [-0.05, 0) is 37.3 Å². The number of benzene rings is 2. The zero-order valence-corrected chi connectivity index (χ0v) is 15.5. The van der Waals surface area contributed by atoms with Gasteiger partial charge >= 0.3 is 5.69 Å². The molecule has 0 fully saturated rings. The van der Waals surface area contributed by atoms with Crippen molar-refractivity contribution in [1.82, 2.24) is 19.2 Å². The van der Waals surface area contributed by atoms with Gasteiger partial charge in [0, 0.05) is 23.1 Å². The van der Waals surface area contributed by atoms with Crippen molar-refractivity contribution in [3.63, 3.8) is 0 Å². The zero-order chi connectivity index (χ0) is 20.4. The van der Waals surface area contributed by atoms with E-state index in [-0.39, 0.29) is 6.54 Å². The number of aryl methyl sites for hydroxylation is 1. The highest BCUT2D eigenvalue weighted by Crippen LogP contribution is 2.15. The number of nitrogens with one attached hydrogen (secondary N) is 2. The molecule has 2 aromatic carbocycles. The largest absolute Gasteiger partial charge is 0.353 e. The van der Waals surface area contributed by atoms with Gasteiger partial charge in [-0.3, -0.25) is 4.79 Å². The quantitative estimate of drug-likeness (QED) is 0.545. The third-order valence-electron chi connectivity index (χ3n) is 4.13. The molecule has 0 saturated carbocycles. The van der Waals surface area contributed by atoms with Gasteiger partial charge in [0.2, 0.25) is 11.9 Å². The molecular formula is C20H17FN6O2. The van der Waals surface area contributed by atoms with Crippen molar-refractivity contribution < 1.29 is 9.18 Å². The molecule has 2 N–H and O–H groups in total. The lowest BCUT2D eigenvalue weighted by atomic mass is 10.3. The Morgan fingerprint density at radius 3 is 2.59 bits per heavy atom. The van der Waals surface area contributed by atoms with E-state index in [1.165, 1.54) is 22.6 Å². The summed E-state index contributed by atoms with van der Waals surface area (Å²) in [6.45, 7) is 1.47. The van der Waals surface area contributed by atoms with E-state index in [1.807, 2.05) is 30.3 Å². The highest BCUT2D eigenvalue weighted by atomic mass is 19.1. The molecule has 0 aliphatic carbocycles. The Labute approximate surface area is 164 Å². The molecule has 1 amide bonds. The van der Waals surface area contributed by atoms with Gasteiger partial charge in [0.25, 0.3) is 0 Å². The molecule has 9 heteroatoms. The molecule has 0 bridgehead atoms. The standard InChI is InChI=1S/C20H17FN6O2/c1-13-10-17-25-26(12-18(28)23-16-9-5-6-14(21)11-16)20(29)27(17)19(22-13)24-15-7-3-2-4-8-15/h2-11H,12H2,1H3,(H,22,24)(H,23,28). The molecule has 2 heterocycles. The molecule has 146 valence electrons. The summed E-state index contributed by atoms with van der Waals surface area (Å²) in [4.78, 5) is 29.5.